The average Bonchev–Trinajstić information content (AvgIpc) is 2.68. The third-order valence-electron chi connectivity index (χ3n) is 4.72. The lowest BCUT2D eigenvalue weighted by Crippen LogP contribution is -2.41. The first-order chi connectivity index (χ1) is 12.6. The molecule has 6 heteroatoms. The second-order valence-electron chi connectivity index (χ2n) is 6.95. The van der Waals surface area contributed by atoms with Crippen LogP contribution in [0.5, 0.6) is 0 Å². The molecule has 1 atom stereocenters. The number of aromatic nitrogens is 2. The summed E-state index contributed by atoms with van der Waals surface area (Å²) >= 11 is 0. The van der Waals surface area contributed by atoms with Crippen molar-refractivity contribution in [2.45, 2.75) is 12.8 Å². The molecule has 2 heterocycles. The number of ether oxygens (including phenoxy) is 1. The van der Waals surface area contributed by atoms with Crippen LogP contribution in [0.15, 0.2) is 36.7 Å². The molecule has 0 aliphatic carbocycles. The Labute approximate surface area is 154 Å². The molecule has 138 valence electrons. The lowest BCUT2D eigenvalue weighted by Gasteiger charge is -2.32. The molecule has 6 nitrogen and oxygen atoms in total. The van der Waals surface area contributed by atoms with Crippen LogP contribution >= 0.6 is 0 Å². The van der Waals surface area contributed by atoms with Gasteiger partial charge >= 0.3 is 0 Å². The maximum atomic E-state index is 12.8. The van der Waals surface area contributed by atoms with Gasteiger partial charge in [-0.25, -0.2) is 4.98 Å². The molecule has 0 bridgehead atoms. The van der Waals surface area contributed by atoms with Crippen molar-refractivity contribution in [3.63, 3.8) is 0 Å². The van der Waals surface area contributed by atoms with Crippen molar-refractivity contribution in [2.75, 3.05) is 45.8 Å². The highest BCUT2D eigenvalue weighted by Crippen LogP contribution is 2.22. The number of rotatable bonds is 5. The van der Waals surface area contributed by atoms with Crippen LogP contribution in [0, 0.1) is 5.92 Å². The zero-order valence-electron chi connectivity index (χ0n) is 15.7. The smallest absolute Gasteiger partial charge is 0.253 e. The number of carbonyl (C=O) groups excluding carboxylic acids is 1. The van der Waals surface area contributed by atoms with Crippen molar-refractivity contribution in [1.29, 1.82) is 0 Å². The van der Waals surface area contributed by atoms with Gasteiger partial charge in [0.15, 0.2) is 0 Å². The maximum Gasteiger partial charge on any atom is 0.253 e. The Morgan fingerprint density at radius 2 is 2.04 bits per heavy atom. The highest BCUT2D eigenvalue weighted by Gasteiger charge is 2.24. The monoisotopic (exact) mass is 354 g/mol. The topological polar surface area (TPSA) is 58.6 Å². The molecular weight excluding hydrogens is 328 g/mol. The summed E-state index contributed by atoms with van der Waals surface area (Å²) < 4.78 is 5.25. The Morgan fingerprint density at radius 1 is 1.27 bits per heavy atom. The van der Waals surface area contributed by atoms with Crippen LogP contribution in [0.4, 0.5) is 5.82 Å². The summed E-state index contributed by atoms with van der Waals surface area (Å²) in [5.74, 6) is 1.33. The standard InChI is InChI=1S/C20H26N4O2/c1-23(2)19-12-21-11-18(22-19)16-6-8-17(9-7-16)20(25)24-10-4-5-15(13-24)14-26-3/h6-9,11-12,15H,4-5,10,13-14H2,1-3H3/t15-/m0/s1. The van der Waals surface area contributed by atoms with Gasteiger partial charge in [0.25, 0.3) is 5.91 Å². The summed E-state index contributed by atoms with van der Waals surface area (Å²) in [5, 5.41) is 0. The van der Waals surface area contributed by atoms with Gasteiger partial charge in [0.1, 0.15) is 5.82 Å². The fourth-order valence-electron chi connectivity index (χ4n) is 3.30. The summed E-state index contributed by atoms with van der Waals surface area (Å²) in [7, 11) is 5.59. The van der Waals surface area contributed by atoms with Crippen LogP contribution < -0.4 is 4.90 Å². The largest absolute Gasteiger partial charge is 0.384 e. The van der Waals surface area contributed by atoms with Crippen molar-refractivity contribution in [2.24, 2.45) is 5.92 Å². The van der Waals surface area contributed by atoms with Crippen molar-refractivity contribution >= 4 is 11.7 Å². The molecule has 3 rings (SSSR count). The molecule has 0 N–H and O–H groups in total. The van der Waals surface area contributed by atoms with E-state index in [9.17, 15) is 4.79 Å². The molecule has 1 aromatic heterocycles. The number of likely N-dealkylation sites (tertiary alicyclic amines) is 1. The number of carbonyl (C=O) groups is 1. The maximum absolute atomic E-state index is 12.8. The van der Waals surface area contributed by atoms with Gasteiger partial charge in [-0.1, -0.05) is 12.1 Å². The molecule has 1 aromatic carbocycles. The average molecular weight is 354 g/mol. The number of piperidine rings is 1. The molecule has 1 saturated heterocycles. The number of methoxy groups -OCH3 is 1. The Balaban J connectivity index is 1.73. The first-order valence-electron chi connectivity index (χ1n) is 8.96. The van der Waals surface area contributed by atoms with Gasteiger partial charge < -0.3 is 14.5 Å². The number of nitrogens with zero attached hydrogens (tertiary/aromatic N) is 4. The van der Waals surface area contributed by atoms with E-state index in [1.165, 1.54) is 0 Å². The van der Waals surface area contributed by atoms with Gasteiger partial charge in [-0.05, 0) is 30.9 Å². The van der Waals surface area contributed by atoms with E-state index in [0.717, 1.165) is 43.0 Å². The molecule has 0 unspecified atom stereocenters. The van der Waals surface area contributed by atoms with E-state index in [4.69, 9.17) is 4.74 Å². The second-order valence-corrected chi connectivity index (χ2v) is 6.95. The van der Waals surface area contributed by atoms with E-state index in [2.05, 4.69) is 9.97 Å². The van der Waals surface area contributed by atoms with Gasteiger partial charge in [0.05, 0.1) is 24.7 Å². The Bertz CT molecular complexity index is 744. The van der Waals surface area contributed by atoms with Gasteiger partial charge in [-0.15, -0.1) is 0 Å². The predicted molar refractivity (Wildman–Crippen MR) is 102 cm³/mol. The summed E-state index contributed by atoms with van der Waals surface area (Å²) in [5.41, 5.74) is 2.46. The van der Waals surface area contributed by atoms with Crippen molar-refractivity contribution in [3.8, 4) is 11.3 Å². The fourth-order valence-corrected chi connectivity index (χ4v) is 3.30. The van der Waals surface area contributed by atoms with E-state index in [0.29, 0.717) is 18.1 Å². The lowest BCUT2D eigenvalue weighted by atomic mass is 9.98. The van der Waals surface area contributed by atoms with Gasteiger partial charge in [-0.2, -0.15) is 0 Å². The highest BCUT2D eigenvalue weighted by molar-refractivity contribution is 5.94. The molecule has 1 fully saturated rings. The number of hydrogen-bond acceptors (Lipinski definition) is 5. The van der Waals surface area contributed by atoms with Crippen LogP contribution in [0.3, 0.4) is 0 Å². The van der Waals surface area contributed by atoms with Crippen LogP contribution in [0.2, 0.25) is 0 Å². The number of hydrogen-bond donors (Lipinski definition) is 0. The number of benzene rings is 1. The van der Waals surface area contributed by atoms with E-state index in [-0.39, 0.29) is 5.91 Å². The summed E-state index contributed by atoms with van der Waals surface area (Å²) in [6.45, 7) is 2.30. The summed E-state index contributed by atoms with van der Waals surface area (Å²) in [6.07, 6.45) is 5.63. The van der Waals surface area contributed by atoms with Crippen molar-refractivity contribution in [1.82, 2.24) is 14.9 Å². The molecule has 1 amide bonds. The molecule has 1 aliphatic rings. The van der Waals surface area contributed by atoms with Crippen LogP contribution in [-0.2, 0) is 4.74 Å². The number of amides is 1. The first kappa shape index (κ1) is 18.3. The molecule has 0 saturated carbocycles. The van der Waals surface area contributed by atoms with Crippen LogP contribution in [-0.4, -0.2) is 61.7 Å². The minimum absolute atomic E-state index is 0.0884. The highest BCUT2D eigenvalue weighted by atomic mass is 16.5. The van der Waals surface area contributed by atoms with E-state index in [1.807, 2.05) is 48.2 Å². The Kier molecular flexibility index (Phi) is 5.83. The summed E-state index contributed by atoms with van der Waals surface area (Å²) in [4.78, 5) is 25.5. The van der Waals surface area contributed by atoms with E-state index < -0.39 is 0 Å². The van der Waals surface area contributed by atoms with E-state index in [1.54, 1.807) is 19.5 Å². The Morgan fingerprint density at radius 3 is 2.73 bits per heavy atom. The normalized spacial score (nSPS) is 17.2. The molecular formula is C20H26N4O2. The van der Waals surface area contributed by atoms with E-state index >= 15 is 0 Å². The molecule has 26 heavy (non-hydrogen) atoms. The molecule has 0 spiro atoms. The van der Waals surface area contributed by atoms with Gasteiger partial charge in [0, 0.05) is 45.4 Å². The number of anilines is 1. The van der Waals surface area contributed by atoms with Crippen LogP contribution in [0.25, 0.3) is 11.3 Å². The lowest BCUT2D eigenvalue weighted by molar-refractivity contribution is 0.0571. The zero-order valence-corrected chi connectivity index (χ0v) is 15.7. The van der Waals surface area contributed by atoms with Crippen molar-refractivity contribution in [3.05, 3.63) is 42.2 Å². The van der Waals surface area contributed by atoms with Gasteiger partial charge in [-0.3, -0.25) is 9.78 Å². The second kappa shape index (κ2) is 8.27. The minimum Gasteiger partial charge on any atom is -0.384 e. The summed E-state index contributed by atoms with van der Waals surface area (Å²) in [6, 6.07) is 7.63. The third-order valence-corrected chi connectivity index (χ3v) is 4.72. The minimum atomic E-state index is 0.0884. The molecule has 2 aromatic rings. The first-order valence-corrected chi connectivity index (χ1v) is 8.96. The quantitative estimate of drug-likeness (QED) is 0.826. The van der Waals surface area contributed by atoms with Crippen LogP contribution in [0.1, 0.15) is 23.2 Å². The zero-order chi connectivity index (χ0) is 18.5. The Hall–Kier alpha value is -2.47. The van der Waals surface area contributed by atoms with Gasteiger partial charge in [0.2, 0.25) is 0 Å². The SMILES string of the molecule is COC[C@H]1CCCN(C(=O)c2ccc(-c3cncc(N(C)C)n3)cc2)C1. The molecule has 1 aliphatic heterocycles. The molecule has 0 radical (unpaired) electrons. The predicted octanol–water partition coefficient (Wildman–Crippen LogP) is 2.71. The third kappa shape index (κ3) is 4.19. The van der Waals surface area contributed by atoms with Crippen molar-refractivity contribution < 1.29 is 9.53 Å². The fraction of sp³-hybridized carbons (Fsp3) is 0.450.